The Morgan fingerprint density at radius 3 is 2.83 bits per heavy atom. The Labute approximate surface area is 117 Å². The van der Waals surface area contributed by atoms with Crippen molar-refractivity contribution in [3.05, 3.63) is 27.7 Å². The number of halogens is 1. The van der Waals surface area contributed by atoms with Crippen LogP contribution in [0, 0.1) is 6.92 Å². The monoisotopic (exact) mass is 313 g/mol. The minimum Gasteiger partial charge on any atom is -0.507 e. The van der Waals surface area contributed by atoms with Gasteiger partial charge in [-0.1, -0.05) is 15.9 Å². The Balaban J connectivity index is 2.13. The molecule has 1 aromatic rings. The van der Waals surface area contributed by atoms with Gasteiger partial charge in [-0.2, -0.15) is 0 Å². The van der Waals surface area contributed by atoms with Gasteiger partial charge in [0.25, 0.3) is 0 Å². The fraction of sp³-hybridized carbons (Fsp3) is 0.571. The topological polar surface area (TPSA) is 32.7 Å². The standard InChI is InChI=1S/C14H20BrNO2/c1-9-6-12(15)7-11(14(9)17)8-16(3)13-4-5-18-10(13)2/h6-7,10,13,17H,4-5,8H2,1-3H3. The van der Waals surface area contributed by atoms with Crippen molar-refractivity contribution in [2.24, 2.45) is 0 Å². The van der Waals surface area contributed by atoms with Crippen LogP contribution in [-0.2, 0) is 11.3 Å². The molecule has 1 fully saturated rings. The summed E-state index contributed by atoms with van der Waals surface area (Å²) < 4.78 is 6.60. The fourth-order valence-corrected chi connectivity index (χ4v) is 3.23. The molecular weight excluding hydrogens is 294 g/mol. The number of phenols is 1. The zero-order valence-corrected chi connectivity index (χ0v) is 12.7. The largest absolute Gasteiger partial charge is 0.507 e. The van der Waals surface area contributed by atoms with Crippen molar-refractivity contribution in [1.29, 1.82) is 0 Å². The van der Waals surface area contributed by atoms with Crippen LogP contribution in [0.4, 0.5) is 0 Å². The maximum atomic E-state index is 10.1. The van der Waals surface area contributed by atoms with E-state index in [4.69, 9.17) is 4.74 Å². The van der Waals surface area contributed by atoms with Crippen LogP contribution in [0.1, 0.15) is 24.5 Å². The predicted octanol–water partition coefficient (Wildman–Crippen LogP) is 3.07. The summed E-state index contributed by atoms with van der Waals surface area (Å²) in [5.41, 5.74) is 1.87. The van der Waals surface area contributed by atoms with Gasteiger partial charge in [0.1, 0.15) is 5.75 Å². The maximum absolute atomic E-state index is 10.1. The minimum absolute atomic E-state index is 0.269. The Morgan fingerprint density at radius 2 is 2.22 bits per heavy atom. The number of rotatable bonds is 3. The number of aryl methyl sites for hydroxylation is 1. The lowest BCUT2D eigenvalue weighted by molar-refractivity contribution is 0.0811. The summed E-state index contributed by atoms with van der Waals surface area (Å²) >= 11 is 3.48. The van der Waals surface area contributed by atoms with Crippen molar-refractivity contribution < 1.29 is 9.84 Å². The molecule has 0 aromatic heterocycles. The van der Waals surface area contributed by atoms with Gasteiger partial charge >= 0.3 is 0 Å². The van der Waals surface area contributed by atoms with Crippen LogP contribution in [0.5, 0.6) is 5.75 Å². The lowest BCUT2D eigenvalue weighted by atomic mass is 10.1. The first kappa shape index (κ1) is 13.8. The summed E-state index contributed by atoms with van der Waals surface area (Å²) in [7, 11) is 2.09. The lowest BCUT2D eigenvalue weighted by Crippen LogP contribution is -2.36. The molecule has 1 aliphatic heterocycles. The van der Waals surface area contributed by atoms with Crippen molar-refractivity contribution in [3.8, 4) is 5.75 Å². The molecule has 1 N–H and O–H groups in total. The number of phenolic OH excluding ortho intramolecular Hbond substituents is 1. The highest BCUT2D eigenvalue weighted by Gasteiger charge is 2.28. The van der Waals surface area contributed by atoms with E-state index in [0.717, 1.165) is 35.2 Å². The van der Waals surface area contributed by atoms with E-state index in [2.05, 4.69) is 34.8 Å². The molecule has 1 heterocycles. The Hall–Kier alpha value is -0.580. The number of likely N-dealkylation sites (N-methyl/N-ethyl adjacent to an activating group) is 1. The van der Waals surface area contributed by atoms with Crippen LogP contribution < -0.4 is 0 Å². The fourth-order valence-electron chi connectivity index (χ4n) is 2.61. The van der Waals surface area contributed by atoms with Gasteiger partial charge in [0, 0.05) is 29.2 Å². The zero-order valence-electron chi connectivity index (χ0n) is 11.1. The number of aromatic hydroxyl groups is 1. The molecule has 0 amide bonds. The van der Waals surface area contributed by atoms with Gasteiger partial charge in [0.05, 0.1) is 6.10 Å². The molecule has 3 nitrogen and oxygen atoms in total. The Kier molecular flexibility index (Phi) is 4.30. The van der Waals surface area contributed by atoms with Gasteiger partial charge in [-0.3, -0.25) is 4.90 Å². The van der Waals surface area contributed by atoms with E-state index in [0.29, 0.717) is 11.8 Å². The van der Waals surface area contributed by atoms with Crippen LogP contribution in [-0.4, -0.2) is 35.8 Å². The van der Waals surface area contributed by atoms with Crippen LogP contribution >= 0.6 is 15.9 Å². The van der Waals surface area contributed by atoms with Gasteiger partial charge in [-0.05, 0) is 45.0 Å². The quantitative estimate of drug-likeness (QED) is 0.931. The van der Waals surface area contributed by atoms with E-state index >= 15 is 0 Å². The minimum atomic E-state index is 0.269. The van der Waals surface area contributed by atoms with E-state index in [1.807, 2.05) is 19.1 Å². The van der Waals surface area contributed by atoms with E-state index in [1.165, 1.54) is 0 Å². The van der Waals surface area contributed by atoms with Gasteiger partial charge in [-0.25, -0.2) is 0 Å². The Bertz CT molecular complexity index is 436. The predicted molar refractivity (Wildman–Crippen MR) is 75.8 cm³/mol. The second-order valence-electron chi connectivity index (χ2n) is 5.08. The van der Waals surface area contributed by atoms with Crippen molar-refractivity contribution >= 4 is 15.9 Å². The summed E-state index contributed by atoms with van der Waals surface area (Å²) in [6.45, 7) is 5.61. The maximum Gasteiger partial charge on any atom is 0.123 e. The molecule has 2 unspecified atom stereocenters. The smallest absolute Gasteiger partial charge is 0.123 e. The Morgan fingerprint density at radius 1 is 1.50 bits per heavy atom. The van der Waals surface area contributed by atoms with Gasteiger partial charge in [-0.15, -0.1) is 0 Å². The molecule has 1 saturated heterocycles. The number of hydrogen-bond acceptors (Lipinski definition) is 3. The molecule has 1 aliphatic rings. The van der Waals surface area contributed by atoms with Crippen molar-refractivity contribution in [2.45, 2.75) is 39.0 Å². The van der Waals surface area contributed by atoms with Gasteiger partial charge < -0.3 is 9.84 Å². The molecular formula is C14H20BrNO2. The van der Waals surface area contributed by atoms with E-state index < -0.39 is 0 Å². The highest BCUT2D eigenvalue weighted by atomic mass is 79.9. The molecule has 1 aromatic carbocycles. The third kappa shape index (κ3) is 2.87. The van der Waals surface area contributed by atoms with Crippen molar-refractivity contribution in [2.75, 3.05) is 13.7 Å². The summed E-state index contributed by atoms with van der Waals surface area (Å²) in [6, 6.07) is 4.35. The average Bonchev–Trinajstić information content (AvgIpc) is 2.71. The van der Waals surface area contributed by atoms with Crippen molar-refractivity contribution in [3.63, 3.8) is 0 Å². The highest BCUT2D eigenvalue weighted by Crippen LogP contribution is 2.29. The summed E-state index contributed by atoms with van der Waals surface area (Å²) in [4.78, 5) is 2.26. The van der Waals surface area contributed by atoms with Gasteiger partial charge in [0.15, 0.2) is 0 Å². The molecule has 18 heavy (non-hydrogen) atoms. The normalized spacial score (nSPS) is 23.8. The number of benzene rings is 1. The summed E-state index contributed by atoms with van der Waals surface area (Å²) in [5, 5.41) is 10.1. The van der Waals surface area contributed by atoms with Crippen LogP contribution in [0.3, 0.4) is 0 Å². The first-order valence-electron chi connectivity index (χ1n) is 6.29. The second kappa shape index (κ2) is 5.59. The molecule has 0 spiro atoms. The first-order chi connectivity index (χ1) is 8.49. The number of nitrogens with zero attached hydrogens (tertiary/aromatic N) is 1. The van der Waals surface area contributed by atoms with Crippen LogP contribution in [0.25, 0.3) is 0 Å². The van der Waals surface area contributed by atoms with Crippen molar-refractivity contribution in [1.82, 2.24) is 4.90 Å². The van der Waals surface area contributed by atoms with Gasteiger partial charge in [0.2, 0.25) is 0 Å². The van der Waals surface area contributed by atoms with E-state index in [9.17, 15) is 5.11 Å². The lowest BCUT2D eigenvalue weighted by Gasteiger charge is -2.27. The molecule has 2 atom stereocenters. The molecule has 2 rings (SSSR count). The molecule has 0 saturated carbocycles. The molecule has 100 valence electrons. The third-order valence-electron chi connectivity index (χ3n) is 3.67. The average molecular weight is 314 g/mol. The van der Waals surface area contributed by atoms with Crippen LogP contribution in [0.15, 0.2) is 16.6 Å². The third-order valence-corrected chi connectivity index (χ3v) is 4.12. The first-order valence-corrected chi connectivity index (χ1v) is 7.08. The van der Waals surface area contributed by atoms with E-state index in [-0.39, 0.29) is 6.10 Å². The molecule has 0 aliphatic carbocycles. The second-order valence-corrected chi connectivity index (χ2v) is 5.99. The summed E-state index contributed by atoms with van der Waals surface area (Å²) in [6.07, 6.45) is 1.33. The molecule has 0 bridgehead atoms. The van der Waals surface area contributed by atoms with E-state index in [1.54, 1.807) is 0 Å². The molecule has 4 heteroatoms. The number of hydrogen-bond donors (Lipinski definition) is 1. The van der Waals surface area contributed by atoms with Crippen LogP contribution in [0.2, 0.25) is 0 Å². The zero-order chi connectivity index (χ0) is 13.3. The number of ether oxygens (including phenoxy) is 1. The molecule has 0 radical (unpaired) electrons. The summed E-state index contributed by atoms with van der Waals surface area (Å²) in [5.74, 6) is 0.400. The SMILES string of the molecule is Cc1cc(Br)cc(CN(C)C2CCOC2C)c1O. The highest BCUT2D eigenvalue weighted by molar-refractivity contribution is 9.10.